The van der Waals surface area contributed by atoms with Crippen molar-refractivity contribution >= 4 is 27.5 Å². The molecule has 0 atom stereocenters. The third kappa shape index (κ3) is 2.84. The monoisotopic (exact) mass is 321 g/mol. The number of aryl methyl sites for hydroxylation is 1. The van der Waals surface area contributed by atoms with Crippen molar-refractivity contribution in [3.8, 4) is 17.6 Å². The molecule has 0 fully saturated rings. The van der Waals surface area contributed by atoms with E-state index in [4.69, 9.17) is 21.6 Å². The molecule has 0 aliphatic rings. The quantitative estimate of drug-likeness (QED) is 0.773. The van der Waals surface area contributed by atoms with Crippen molar-refractivity contribution in [3.05, 3.63) is 57.0 Å². The molecule has 0 N–H and O–H groups in total. The molecule has 2 aromatic carbocycles. The van der Waals surface area contributed by atoms with Crippen LogP contribution in [-0.2, 0) is 0 Å². The predicted molar refractivity (Wildman–Crippen MR) is 75.1 cm³/mol. The van der Waals surface area contributed by atoms with E-state index >= 15 is 0 Å². The van der Waals surface area contributed by atoms with Gasteiger partial charge in [0.25, 0.3) is 0 Å². The van der Waals surface area contributed by atoms with Crippen LogP contribution >= 0.6 is 27.5 Å². The Labute approximate surface area is 119 Å². The Morgan fingerprint density at radius 1 is 1.28 bits per heavy atom. The summed E-state index contributed by atoms with van der Waals surface area (Å²) >= 11 is 9.33. The summed E-state index contributed by atoms with van der Waals surface area (Å²) in [5.74, 6) is 1.24. The molecule has 0 spiro atoms. The Bertz CT molecular complexity index is 614. The zero-order valence-electron chi connectivity index (χ0n) is 9.58. The van der Waals surface area contributed by atoms with Gasteiger partial charge < -0.3 is 4.74 Å². The normalized spacial score (nSPS) is 9.89. The predicted octanol–water partition coefficient (Wildman–Crippen LogP) is 5.07. The number of hydrogen-bond donors (Lipinski definition) is 0. The van der Waals surface area contributed by atoms with Crippen LogP contribution in [0.3, 0.4) is 0 Å². The van der Waals surface area contributed by atoms with Gasteiger partial charge in [0, 0.05) is 5.02 Å². The maximum Gasteiger partial charge on any atom is 0.142 e. The Kier molecular flexibility index (Phi) is 3.90. The highest BCUT2D eigenvalue weighted by atomic mass is 79.9. The van der Waals surface area contributed by atoms with Gasteiger partial charge in [-0.1, -0.05) is 17.7 Å². The first-order valence-corrected chi connectivity index (χ1v) is 6.41. The zero-order valence-corrected chi connectivity index (χ0v) is 11.9. The van der Waals surface area contributed by atoms with E-state index < -0.39 is 0 Å². The fourth-order valence-electron chi connectivity index (χ4n) is 1.56. The van der Waals surface area contributed by atoms with Crippen LogP contribution in [0.25, 0.3) is 0 Å². The van der Waals surface area contributed by atoms with Crippen LogP contribution in [0.15, 0.2) is 40.9 Å². The summed E-state index contributed by atoms with van der Waals surface area (Å²) in [7, 11) is 0. The van der Waals surface area contributed by atoms with Crippen molar-refractivity contribution in [1.29, 1.82) is 5.26 Å². The third-order valence-electron chi connectivity index (χ3n) is 2.33. The summed E-state index contributed by atoms with van der Waals surface area (Å²) in [6.45, 7) is 1.94. The van der Waals surface area contributed by atoms with E-state index in [0.717, 1.165) is 5.56 Å². The second-order valence-corrected chi connectivity index (χ2v) is 5.03. The number of rotatable bonds is 2. The van der Waals surface area contributed by atoms with Crippen molar-refractivity contribution in [2.45, 2.75) is 6.92 Å². The average molecular weight is 323 g/mol. The average Bonchev–Trinajstić information content (AvgIpc) is 2.30. The summed E-state index contributed by atoms with van der Waals surface area (Å²) < 4.78 is 6.37. The van der Waals surface area contributed by atoms with Crippen LogP contribution in [0.5, 0.6) is 11.5 Å². The fraction of sp³-hybridized carbons (Fsp3) is 0.0714. The van der Waals surface area contributed by atoms with Gasteiger partial charge in [0.05, 0.1) is 10.0 Å². The third-order valence-corrected chi connectivity index (χ3v) is 3.36. The van der Waals surface area contributed by atoms with E-state index in [1.165, 1.54) is 0 Å². The number of ether oxygens (including phenoxy) is 1. The molecule has 0 saturated carbocycles. The zero-order chi connectivity index (χ0) is 13.1. The van der Waals surface area contributed by atoms with Gasteiger partial charge in [-0.25, -0.2) is 0 Å². The first-order chi connectivity index (χ1) is 8.60. The van der Waals surface area contributed by atoms with E-state index in [1.54, 1.807) is 24.3 Å². The highest BCUT2D eigenvalue weighted by Gasteiger charge is 2.08. The first-order valence-electron chi connectivity index (χ1n) is 5.24. The lowest BCUT2D eigenvalue weighted by atomic mass is 10.2. The van der Waals surface area contributed by atoms with Crippen molar-refractivity contribution < 1.29 is 4.74 Å². The lowest BCUT2D eigenvalue weighted by molar-refractivity contribution is 0.479. The number of hydrogen-bond acceptors (Lipinski definition) is 2. The summed E-state index contributed by atoms with van der Waals surface area (Å²) in [4.78, 5) is 0. The van der Waals surface area contributed by atoms with Crippen LogP contribution < -0.4 is 4.74 Å². The molecule has 0 aliphatic heterocycles. The molecule has 0 amide bonds. The largest absolute Gasteiger partial charge is 0.456 e. The second-order valence-electron chi connectivity index (χ2n) is 3.80. The first kappa shape index (κ1) is 12.9. The Hall–Kier alpha value is -1.50. The van der Waals surface area contributed by atoms with Gasteiger partial charge >= 0.3 is 0 Å². The smallest absolute Gasteiger partial charge is 0.142 e. The molecular weight excluding hydrogens is 314 g/mol. The number of nitrogens with zero attached hydrogens (tertiary/aromatic N) is 1. The van der Waals surface area contributed by atoms with Gasteiger partial charge in [-0.2, -0.15) is 5.26 Å². The minimum absolute atomic E-state index is 0.534. The van der Waals surface area contributed by atoms with Crippen LogP contribution in [-0.4, -0.2) is 0 Å². The molecule has 0 aliphatic carbocycles. The summed E-state index contributed by atoms with van der Waals surface area (Å²) in [6, 6.07) is 12.9. The minimum Gasteiger partial charge on any atom is -0.456 e. The highest BCUT2D eigenvalue weighted by molar-refractivity contribution is 9.10. The fourth-order valence-corrected chi connectivity index (χ4v) is 2.28. The lowest BCUT2D eigenvalue weighted by Gasteiger charge is -2.09. The van der Waals surface area contributed by atoms with Gasteiger partial charge in [-0.3, -0.25) is 0 Å². The number of benzene rings is 2. The SMILES string of the molecule is Cc1cc(Cl)cc(Oc2cccc(C#N)c2Br)c1. The molecule has 0 heterocycles. The van der Waals surface area contributed by atoms with Crippen molar-refractivity contribution in [3.63, 3.8) is 0 Å². The number of halogens is 2. The standard InChI is InChI=1S/C14H9BrClNO/c1-9-5-11(16)7-12(6-9)18-13-4-2-3-10(8-17)14(13)15/h2-7H,1H3. The molecule has 2 aromatic rings. The summed E-state index contributed by atoms with van der Waals surface area (Å²) in [5.41, 5.74) is 1.55. The lowest BCUT2D eigenvalue weighted by Crippen LogP contribution is -1.88. The van der Waals surface area contributed by atoms with E-state index in [9.17, 15) is 0 Å². The molecule has 2 nitrogen and oxygen atoms in total. The molecular formula is C14H9BrClNO. The van der Waals surface area contributed by atoms with Gasteiger partial charge in [-0.15, -0.1) is 0 Å². The Morgan fingerprint density at radius 3 is 2.72 bits per heavy atom. The van der Waals surface area contributed by atoms with E-state index in [2.05, 4.69) is 22.0 Å². The van der Waals surface area contributed by atoms with E-state index in [0.29, 0.717) is 26.6 Å². The van der Waals surface area contributed by atoms with E-state index in [1.807, 2.05) is 19.1 Å². The molecule has 0 unspecified atom stereocenters. The van der Waals surface area contributed by atoms with E-state index in [-0.39, 0.29) is 0 Å². The molecule has 18 heavy (non-hydrogen) atoms. The second kappa shape index (κ2) is 5.43. The van der Waals surface area contributed by atoms with Crippen molar-refractivity contribution in [2.24, 2.45) is 0 Å². The van der Waals surface area contributed by atoms with Gasteiger partial charge in [0.1, 0.15) is 17.6 Å². The van der Waals surface area contributed by atoms with Gasteiger partial charge in [0.2, 0.25) is 0 Å². The Morgan fingerprint density at radius 2 is 2.06 bits per heavy atom. The molecule has 90 valence electrons. The van der Waals surface area contributed by atoms with Gasteiger partial charge in [0.15, 0.2) is 0 Å². The molecule has 0 aromatic heterocycles. The molecule has 0 bridgehead atoms. The topological polar surface area (TPSA) is 33.0 Å². The van der Waals surface area contributed by atoms with Crippen molar-refractivity contribution in [1.82, 2.24) is 0 Å². The summed E-state index contributed by atoms with van der Waals surface area (Å²) in [5, 5.41) is 9.56. The molecule has 2 rings (SSSR count). The maximum atomic E-state index is 8.94. The Balaban J connectivity index is 2.37. The van der Waals surface area contributed by atoms with Crippen LogP contribution in [0.1, 0.15) is 11.1 Å². The molecule has 0 radical (unpaired) electrons. The summed E-state index contributed by atoms with van der Waals surface area (Å²) in [6.07, 6.45) is 0. The molecule has 4 heteroatoms. The number of nitriles is 1. The van der Waals surface area contributed by atoms with Crippen LogP contribution in [0.4, 0.5) is 0 Å². The minimum atomic E-state index is 0.534. The van der Waals surface area contributed by atoms with Crippen LogP contribution in [0.2, 0.25) is 5.02 Å². The highest BCUT2D eigenvalue weighted by Crippen LogP contribution is 2.33. The maximum absolute atomic E-state index is 8.94. The van der Waals surface area contributed by atoms with Crippen LogP contribution in [0, 0.1) is 18.3 Å². The molecule has 0 saturated heterocycles. The van der Waals surface area contributed by atoms with Crippen molar-refractivity contribution in [2.75, 3.05) is 0 Å². The van der Waals surface area contributed by atoms with Gasteiger partial charge in [-0.05, 0) is 58.7 Å².